The lowest BCUT2D eigenvalue weighted by Gasteiger charge is -2.21. The average Bonchev–Trinajstić information content (AvgIpc) is 3.14. The van der Waals surface area contributed by atoms with Crippen LogP contribution in [0.2, 0.25) is 0 Å². The van der Waals surface area contributed by atoms with Gasteiger partial charge in [0.05, 0.1) is 5.69 Å². The smallest absolute Gasteiger partial charge is 0.407 e. The largest absolute Gasteiger partial charge is 0.449 e. The van der Waals surface area contributed by atoms with E-state index in [-0.39, 0.29) is 19.1 Å². The number of carbonyl (C=O) groups excluding carboxylic acids is 1. The first-order valence-electron chi connectivity index (χ1n) is 10.1. The molecule has 1 aliphatic carbocycles. The molecule has 0 radical (unpaired) electrons. The van der Waals surface area contributed by atoms with Gasteiger partial charge in [0, 0.05) is 18.0 Å². The molecule has 6 N–H and O–H groups in total. The molecule has 2 atom stereocenters. The van der Waals surface area contributed by atoms with Gasteiger partial charge in [-0.05, 0) is 28.3 Å². The predicted molar refractivity (Wildman–Crippen MR) is 118 cm³/mol. The monoisotopic (exact) mass is 419 g/mol. The lowest BCUT2D eigenvalue weighted by molar-refractivity contribution is 0.0189. The second-order valence-corrected chi connectivity index (χ2v) is 7.45. The van der Waals surface area contributed by atoms with Crippen LogP contribution >= 0.6 is 0 Å². The number of alkyl carbamates (subject to hydrolysis) is 1. The zero-order valence-corrected chi connectivity index (χ0v) is 16.9. The van der Waals surface area contributed by atoms with Gasteiger partial charge in [0.25, 0.3) is 0 Å². The number of aliphatic hydroxyl groups is 2. The van der Waals surface area contributed by atoms with Crippen molar-refractivity contribution in [3.8, 4) is 11.1 Å². The van der Waals surface area contributed by atoms with E-state index in [1.165, 1.54) is 0 Å². The number of aliphatic hydroxyl groups excluding tert-OH is 2. The van der Waals surface area contributed by atoms with E-state index >= 15 is 0 Å². The van der Waals surface area contributed by atoms with Crippen LogP contribution in [-0.2, 0) is 4.74 Å². The summed E-state index contributed by atoms with van der Waals surface area (Å²) in [6.45, 7) is 0.00911. The van der Waals surface area contributed by atoms with Crippen LogP contribution in [0.4, 0.5) is 10.5 Å². The van der Waals surface area contributed by atoms with E-state index < -0.39 is 18.3 Å². The van der Waals surface area contributed by atoms with Crippen molar-refractivity contribution in [3.63, 3.8) is 0 Å². The van der Waals surface area contributed by atoms with E-state index in [2.05, 4.69) is 22.9 Å². The maximum Gasteiger partial charge on any atom is 0.407 e. The van der Waals surface area contributed by atoms with E-state index in [0.717, 1.165) is 22.3 Å². The quantitative estimate of drug-likeness (QED) is 0.297. The first kappa shape index (κ1) is 20.9. The molecule has 4 rings (SSSR count). The zero-order chi connectivity index (χ0) is 21.8. The number of ether oxygens (including phenoxy) is 1. The number of para-hydroxylation sites is 1. The third-order valence-corrected chi connectivity index (χ3v) is 5.60. The van der Waals surface area contributed by atoms with E-state index in [9.17, 15) is 15.0 Å². The Morgan fingerprint density at radius 3 is 2.16 bits per heavy atom. The Balaban J connectivity index is 1.35. The predicted octanol–water partition coefficient (Wildman–Crippen LogP) is 2.91. The first-order valence-corrected chi connectivity index (χ1v) is 10.1. The number of hydrogen-bond donors (Lipinski definition) is 5. The molecule has 0 aliphatic heterocycles. The van der Waals surface area contributed by atoms with Crippen LogP contribution in [0.15, 0.2) is 72.8 Å². The molecule has 7 heteroatoms. The van der Waals surface area contributed by atoms with E-state index in [1.54, 1.807) is 24.3 Å². The zero-order valence-electron chi connectivity index (χ0n) is 16.9. The fraction of sp³-hybridized carbons (Fsp3) is 0.208. The van der Waals surface area contributed by atoms with Crippen LogP contribution in [-0.4, -0.2) is 35.6 Å². The van der Waals surface area contributed by atoms with E-state index in [1.807, 2.05) is 36.4 Å². The van der Waals surface area contributed by atoms with Crippen molar-refractivity contribution in [2.75, 3.05) is 18.6 Å². The van der Waals surface area contributed by atoms with Crippen molar-refractivity contribution >= 4 is 11.8 Å². The average molecular weight is 419 g/mol. The topological polar surface area (TPSA) is 117 Å². The molecule has 0 heterocycles. The molecule has 160 valence electrons. The number of nitrogen functional groups attached to an aromatic ring is 1. The molecular formula is C24H25N3O4. The van der Waals surface area contributed by atoms with Crippen molar-refractivity contribution in [2.24, 2.45) is 5.84 Å². The summed E-state index contributed by atoms with van der Waals surface area (Å²) in [6, 6.07) is 23.0. The Bertz CT molecular complexity index is 1030. The second kappa shape index (κ2) is 9.18. The second-order valence-electron chi connectivity index (χ2n) is 7.45. The number of benzene rings is 3. The maximum absolute atomic E-state index is 12.3. The molecule has 1 amide bonds. The lowest BCUT2D eigenvalue weighted by Crippen LogP contribution is -2.36. The van der Waals surface area contributed by atoms with Gasteiger partial charge in [0.15, 0.2) is 0 Å². The van der Waals surface area contributed by atoms with Crippen molar-refractivity contribution in [3.05, 3.63) is 89.5 Å². The van der Waals surface area contributed by atoms with Crippen LogP contribution < -0.4 is 16.6 Å². The molecule has 0 fully saturated rings. The third-order valence-electron chi connectivity index (χ3n) is 5.60. The summed E-state index contributed by atoms with van der Waals surface area (Å²) in [5, 5.41) is 23.2. The Morgan fingerprint density at radius 2 is 1.52 bits per heavy atom. The number of anilines is 1. The fourth-order valence-corrected chi connectivity index (χ4v) is 4.04. The summed E-state index contributed by atoms with van der Waals surface area (Å²) >= 11 is 0. The molecule has 0 spiro atoms. The number of hydrazine groups is 1. The number of fused-ring (bicyclic) bond motifs is 3. The van der Waals surface area contributed by atoms with Crippen LogP contribution in [0, 0.1) is 0 Å². The molecule has 7 nitrogen and oxygen atoms in total. The fourth-order valence-electron chi connectivity index (χ4n) is 4.04. The van der Waals surface area contributed by atoms with Gasteiger partial charge in [-0.2, -0.15) is 0 Å². The van der Waals surface area contributed by atoms with Crippen molar-refractivity contribution in [1.82, 2.24) is 5.32 Å². The summed E-state index contributed by atoms with van der Waals surface area (Å²) in [7, 11) is 0. The number of rotatable bonds is 7. The summed E-state index contributed by atoms with van der Waals surface area (Å²) in [6.07, 6.45) is -3.10. The molecule has 0 saturated carbocycles. The summed E-state index contributed by atoms with van der Waals surface area (Å²) in [5.41, 5.74) is 7.96. The van der Waals surface area contributed by atoms with Gasteiger partial charge < -0.3 is 25.7 Å². The van der Waals surface area contributed by atoms with E-state index in [4.69, 9.17) is 10.6 Å². The highest BCUT2D eigenvalue weighted by Crippen LogP contribution is 2.44. The van der Waals surface area contributed by atoms with Gasteiger partial charge in [0.1, 0.15) is 18.8 Å². The number of carbonyl (C=O) groups is 1. The molecule has 1 aliphatic rings. The molecular weight excluding hydrogens is 394 g/mol. The molecule has 3 aromatic rings. The molecule has 0 bridgehead atoms. The molecule has 0 saturated heterocycles. The van der Waals surface area contributed by atoms with Crippen LogP contribution in [0.3, 0.4) is 0 Å². The summed E-state index contributed by atoms with van der Waals surface area (Å²) in [4.78, 5) is 12.3. The Kier molecular flexibility index (Phi) is 6.18. The number of nitrogens with one attached hydrogen (secondary N) is 2. The van der Waals surface area contributed by atoms with Crippen LogP contribution in [0.5, 0.6) is 0 Å². The van der Waals surface area contributed by atoms with E-state index in [0.29, 0.717) is 11.3 Å². The van der Waals surface area contributed by atoms with Gasteiger partial charge in [-0.25, -0.2) is 4.79 Å². The van der Waals surface area contributed by atoms with Gasteiger partial charge in [-0.3, -0.25) is 5.84 Å². The molecule has 3 aromatic carbocycles. The number of amides is 1. The lowest BCUT2D eigenvalue weighted by atomic mass is 9.98. The van der Waals surface area contributed by atoms with Crippen LogP contribution in [0.1, 0.15) is 28.7 Å². The SMILES string of the molecule is NNc1ccccc1C(O)C(O)CNC(=O)OCC1c2ccccc2-c2ccccc21. The first-order chi connectivity index (χ1) is 15.1. The van der Waals surface area contributed by atoms with Crippen LogP contribution in [0.25, 0.3) is 11.1 Å². The number of hydrogen-bond acceptors (Lipinski definition) is 6. The minimum absolute atomic E-state index is 0.0452. The maximum atomic E-state index is 12.3. The number of nitrogens with two attached hydrogens (primary N) is 1. The normalized spacial score (nSPS) is 14.3. The molecule has 0 aromatic heterocycles. The van der Waals surface area contributed by atoms with Gasteiger partial charge in [-0.15, -0.1) is 0 Å². The highest BCUT2D eigenvalue weighted by molar-refractivity contribution is 5.79. The Labute approximate surface area is 180 Å². The minimum atomic E-state index is -1.23. The van der Waals surface area contributed by atoms with Gasteiger partial charge in [0.2, 0.25) is 0 Å². The Morgan fingerprint density at radius 1 is 0.935 bits per heavy atom. The summed E-state index contributed by atoms with van der Waals surface area (Å²) in [5.74, 6) is 5.40. The van der Waals surface area contributed by atoms with Crippen molar-refractivity contribution < 1.29 is 19.7 Å². The van der Waals surface area contributed by atoms with Crippen molar-refractivity contribution in [1.29, 1.82) is 0 Å². The van der Waals surface area contributed by atoms with Crippen molar-refractivity contribution in [2.45, 2.75) is 18.1 Å². The molecule has 2 unspecified atom stereocenters. The standard InChI is InChI=1S/C24H25N3O4/c25-27-21-12-6-5-11-19(21)23(29)22(28)13-26-24(30)31-14-20-17-9-3-1-7-15(17)16-8-2-4-10-18(16)20/h1-12,20,22-23,27-29H,13-14,25H2,(H,26,30). The minimum Gasteiger partial charge on any atom is -0.449 e. The Hall–Kier alpha value is -3.39. The van der Waals surface area contributed by atoms with Gasteiger partial charge in [-0.1, -0.05) is 66.7 Å². The molecule has 31 heavy (non-hydrogen) atoms. The van der Waals surface area contributed by atoms with Gasteiger partial charge >= 0.3 is 6.09 Å². The highest BCUT2D eigenvalue weighted by atomic mass is 16.5. The highest BCUT2D eigenvalue weighted by Gasteiger charge is 2.29. The summed E-state index contributed by atoms with van der Waals surface area (Å²) < 4.78 is 5.45. The third kappa shape index (κ3) is 4.25.